The number of hydrogen-bond donors (Lipinski definition) is 10. The van der Waals surface area contributed by atoms with Crippen molar-refractivity contribution in [2.75, 3.05) is 65.4 Å². The van der Waals surface area contributed by atoms with Crippen LogP contribution in [0, 0.1) is 0 Å². The zero-order valence-electron chi connectivity index (χ0n) is 26.9. The lowest BCUT2D eigenvalue weighted by molar-refractivity contribution is 0.412. The number of nitrogens with one attached hydrogen (secondary N) is 6. The van der Waals surface area contributed by atoms with E-state index < -0.39 is 0 Å². The highest BCUT2D eigenvalue weighted by atomic mass is 15.0. The lowest BCUT2D eigenvalue weighted by Gasteiger charge is -2.21. The molecule has 10 heteroatoms. The van der Waals surface area contributed by atoms with Crippen LogP contribution in [0.15, 0.2) is 0 Å². The van der Waals surface area contributed by atoms with Crippen LogP contribution >= 0.6 is 0 Å². The SMILES string of the molecule is CC(N)CCNCCCC(CNCCCCNCC(CCCNCCC(C)N)NCCC(C)N)NCCC(C)N. The summed E-state index contributed by atoms with van der Waals surface area (Å²) in [5.41, 5.74) is 23.6. The smallest absolute Gasteiger partial charge is 0.0192 e. The topological polar surface area (TPSA) is 176 Å². The predicted octanol–water partition coefficient (Wildman–Crippen LogP) is 0.551. The minimum atomic E-state index is 0.245. The molecule has 0 aromatic carbocycles. The van der Waals surface area contributed by atoms with Crippen LogP contribution in [0.2, 0.25) is 0 Å². The number of nitrogens with two attached hydrogens (primary N) is 4. The summed E-state index contributed by atoms with van der Waals surface area (Å²) in [5.74, 6) is 0. The van der Waals surface area contributed by atoms with Crippen molar-refractivity contribution < 1.29 is 0 Å². The quantitative estimate of drug-likeness (QED) is 0.0528. The summed E-state index contributed by atoms with van der Waals surface area (Å²) in [4.78, 5) is 0. The van der Waals surface area contributed by atoms with E-state index in [0.717, 1.165) is 104 Å². The van der Waals surface area contributed by atoms with Gasteiger partial charge in [-0.25, -0.2) is 0 Å². The Labute approximate surface area is 248 Å². The fraction of sp³-hybridized carbons (Fsp3) is 1.00. The molecule has 0 fully saturated rings. The second-order valence-electron chi connectivity index (χ2n) is 12.3. The van der Waals surface area contributed by atoms with E-state index in [9.17, 15) is 0 Å². The summed E-state index contributed by atoms with van der Waals surface area (Å²) in [5, 5.41) is 21.8. The summed E-state index contributed by atoms with van der Waals surface area (Å²) >= 11 is 0. The first-order chi connectivity index (χ1) is 19.2. The van der Waals surface area contributed by atoms with Gasteiger partial charge in [-0.15, -0.1) is 0 Å². The molecule has 0 aliphatic rings. The summed E-state index contributed by atoms with van der Waals surface area (Å²) in [6.45, 7) is 18.5. The summed E-state index contributed by atoms with van der Waals surface area (Å²) in [7, 11) is 0. The van der Waals surface area contributed by atoms with Gasteiger partial charge in [0.15, 0.2) is 0 Å². The zero-order chi connectivity index (χ0) is 29.8. The molecule has 0 aliphatic carbocycles. The average Bonchev–Trinajstić information content (AvgIpc) is 2.87. The highest BCUT2D eigenvalue weighted by Gasteiger charge is 2.10. The summed E-state index contributed by atoms with van der Waals surface area (Å²) in [6, 6.07) is 2.01. The number of rotatable bonds is 31. The molecule has 0 saturated carbocycles. The minimum Gasteiger partial charge on any atom is -0.328 e. The predicted molar refractivity (Wildman–Crippen MR) is 176 cm³/mol. The molecule has 242 valence electrons. The van der Waals surface area contributed by atoms with E-state index in [-0.39, 0.29) is 24.2 Å². The average molecular weight is 573 g/mol. The molecule has 0 spiro atoms. The Balaban J connectivity index is 4.09. The number of hydrogen-bond acceptors (Lipinski definition) is 10. The zero-order valence-corrected chi connectivity index (χ0v) is 26.9. The van der Waals surface area contributed by atoms with Crippen molar-refractivity contribution in [1.82, 2.24) is 31.9 Å². The van der Waals surface area contributed by atoms with Gasteiger partial charge in [0, 0.05) is 49.3 Å². The Morgan fingerprint density at radius 2 is 0.700 bits per heavy atom. The number of unbranched alkanes of at least 4 members (excludes halogenated alkanes) is 1. The molecule has 6 atom stereocenters. The van der Waals surface area contributed by atoms with Crippen LogP contribution in [-0.2, 0) is 0 Å². The van der Waals surface area contributed by atoms with Crippen LogP contribution in [0.3, 0.4) is 0 Å². The van der Waals surface area contributed by atoms with Crippen LogP contribution in [0.4, 0.5) is 0 Å². The van der Waals surface area contributed by atoms with Crippen LogP contribution in [0.1, 0.15) is 91.9 Å². The molecule has 0 aromatic rings. The molecule has 0 bridgehead atoms. The van der Waals surface area contributed by atoms with E-state index in [1.54, 1.807) is 0 Å². The second kappa shape index (κ2) is 28.7. The van der Waals surface area contributed by atoms with Gasteiger partial charge >= 0.3 is 0 Å². The van der Waals surface area contributed by atoms with Gasteiger partial charge in [0.2, 0.25) is 0 Å². The van der Waals surface area contributed by atoms with E-state index in [4.69, 9.17) is 22.9 Å². The van der Waals surface area contributed by atoms with E-state index >= 15 is 0 Å². The van der Waals surface area contributed by atoms with Crippen molar-refractivity contribution >= 4 is 0 Å². The molecule has 10 nitrogen and oxygen atoms in total. The molecule has 0 aromatic heterocycles. The highest BCUT2D eigenvalue weighted by molar-refractivity contribution is 4.74. The molecule has 0 amide bonds. The van der Waals surface area contributed by atoms with Crippen molar-refractivity contribution in [3.8, 4) is 0 Å². The Kier molecular flexibility index (Phi) is 28.4. The van der Waals surface area contributed by atoms with E-state index in [2.05, 4.69) is 59.6 Å². The lowest BCUT2D eigenvalue weighted by atomic mass is 10.1. The van der Waals surface area contributed by atoms with Gasteiger partial charge in [0.05, 0.1) is 0 Å². The van der Waals surface area contributed by atoms with E-state index in [1.807, 2.05) is 0 Å². The third kappa shape index (κ3) is 30.6. The summed E-state index contributed by atoms with van der Waals surface area (Å²) < 4.78 is 0. The maximum Gasteiger partial charge on any atom is 0.0192 e. The molecule has 0 heterocycles. The van der Waals surface area contributed by atoms with Crippen LogP contribution < -0.4 is 54.8 Å². The fourth-order valence-corrected chi connectivity index (χ4v) is 4.49. The highest BCUT2D eigenvalue weighted by Crippen LogP contribution is 2.00. The maximum absolute atomic E-state index is 5.94. The largest absolute Gasteiger partial charge is 0.328 e. The van der Waals surface area contributed by atoms with Crippen molar-refractivity contribution in [2.24, 2.45) is 22.9 Å². The minimum absolute atomic E-state index is 0.245. The van der Waals surface area contributed by atoms with Crippen LogP contribution in [0.25, 0.3) is 0 Å². The third-order valence-electron chi connectivity index (χ3n) is 7.17. The molecule has 6 unspecified atom stereocenters. The van der Waals surface area contributed by atoms with Gasteiger partial charge in [-0.3, -0.25) is 0 Å². The van der Waals surface area contributed by atoms with Crippen molar-refractivity contribution in [3.63, 3.8) is 0 Å². The van der Waals surface area contributed by atoms with Gasteiger partial charge in [0.1, 0.15) is 0 Å². The van der Waals surface area contributed by atoms with E-state index in [1.165, 1.54) is 25.7 Å². The normalized spacial score (nSPS) is 16.5. The van der Waals surface area contributed by atoms with Gasteiger partial charge in [-0.2, -0.15) is 0 Å². The monoisotopic (exact) mass is 573 g/mol. The third-order valence-corrected chi connectivity index (χ3v) is 7.17. The van der Waals surface area contributed by atoms with E-state index in [0.29, 0.717) is 12.1 Å². The first-order valence-electron chi connectivity index (χ1n) is 16.5. The fourth-order valence-electron chi connectivity index (χ4n) is 4.49. The molecule has 0 aliphatic heterocycles. The van der Waals surface area contributed by atoms with Crippen molar-refractivity contribution in [1.29, 1.82) is 0 Å². The first-order valence-corrected chi connectivity index (χ1v) is 16.5. The van der Waals surface area contributed by atoms with Crippen molar-refractivity contribution in [3.05, 3.63) is 0 Å². The van der Waals surface area contributed by atoms with Crippen LogP contribution in [-0.4, -0.2) is 102 Å². The second-order valence-corrected chi connectivity index (χ2v) is 12.3. The standard InChI is InChI=1S/C30H72N10/c1-25(31)11-19-35-17-7-9-29(39-21-13-27(3)33)23-37-15-5-6-16-38-24-30(40-22-14-28(4)34)10-8-18-36-20-12-26(2)32/h25-30,35-40H,5-24,31-34H2,1-4H3. The molecular weight excluding hydrogens is 500 g/mol. The van der Waals surface area contributed by atoms with Crippen molar-refractivity contribution in [2.45, 2.75) is 128 Å². The Morgan fingerprint density at radius 1 is 0.375 bits per heavy atom. The van der Waals surface area contributed by atoms with Gasteiger partial charge in [0.25, 0.3) is 0 Å². The molecule has 0 radical (unpaired) electrons. The molecule has 0 rings (SSSR count). The summed E-state index contributed by atoms with van der Waals surface area (Å²) in [6.07, 6.45) is 11.1. The molecular formula is C30H72N10. The Bertz CT molecular complexity index is 461. The van der Waals surface area contributed by atoms with Gasteiger partial charge in [-0.05, 0) is 144 Å². The molecule has 0 saturated heterocycles. The van der Waals surface area contributed by atoms with Crippen LogP contribution in [0.5, 0.6) is 0 Å². The maximum atomic E-state index is 5.94. The molecule has 40 heavy (non-hydrogen) atoms. The van der Waals surface area contributed by atoms with Gasteiger partial charge < -0.3 is 54.8 Å². The molecule has 14 N–H and O–H groups in total. The Morgan fingerprint density at radius 3 is 1.05 bits per heavy atom. The van der Waals surface area contributed by atoms with Gasteiger partial charge in [-0.1, -0.05) is 0 Å². The Hall–Kier alpha value is -0.400. The first kappa shape index (κ1) is 39.6. The lowest BCUT2D eigenvalue weighted by Crippen LogP contribution is -2.41.